The van der Waals surface area contributed by atoms with Crippen molar-refractivity contribution in [1.82, 2.24) is 9.38 Å². The number of rotatable bonds is 5. The zero-order valence-electron chi connectivity index (χ0n) is 12.5. The van der Waals surface area contributed by atoms with Gasteiger partial charge in [0.25, 0.3) is 0 Å². The number of aromatic nitrogens is 2. The molecule has 2 atom stereocenters. The van der Waals surface area contributed by atoms with Gasteiger partial charge in [-0.05, 0) is 25.3 Å². The second kappa shape index (κ2) is 5.79. The number of imidazole rings is 1. The van der Waals surface area contributed by atoms with Crippen LogP contribution in [0.3, 0.4) is 0 Å². The lowest BCUT2D eigenvalue weighted by Crippen LogP contribution is -2.25. The smallest absolute Gasteiger partial charge is 0.195 e. The summed E-state index contributed by atoms with van der Waals surface area (Å²) in [4.78, 5) is 9.45. The molecular formula is C15H20N4S2. The van der Waals surface area contributed by atoms with Gasteiger partial charge in [0.15, 0.2) is 10.8 Å². The van der Waals surface area contributed by atoms with Gasteiger partial charge in [-0.2, -0.15) is 0 Å². The Morgan fingerprint density at radius 2 is 2.14 bits per heavy atom. The molecule has 6 heteroatoms. The van der Waals surface area contributed by atoms with Gasteiger partial charge in [-0.15, -0.1) is 22.7 Å². The maximum atomic E-state index is 6.03. The number of fused-ring (bicyclic) bond motifs is 1. The van der Waals surface area contributed by atoms with E-state index in [1.165, 1.54) is 10.6 Å². The number of anilines is 1. The third kappa shape index (κ3) is 2.71. The van der Waals surface area contributed by atoms with Crippen molar-refractivity contribution < 1.29 is 0 Å². The van der Waals surface area contributed by atoms with E-state index in [4.69, 9.17) is 10.7 Å². The van der Waals surface area contributed by atoms with Crippen molar-refractivity contribution >= 4 is 33.5 Å². The monoisotopic (exact) mass is 320 g/mol. The van der Waals surface area contributed by atoms with Crippen LogP contribution in [0, 0.1) is 0 Å². The van der Waals surface area contributed by atoms with Gasteiger partial charge in [0.05, 0.1) is 11.7 Å². The molecule has 3 rings (SSSR count). The number of hydrogen-bond donors (Lipinski definition) is 1. The molecule has 0 saturated carbocycles. The van der Waals surface area contributed by atoms with Crippen molar-refractivity contribution in [3.63, 3.8) is 0 Å². The van der Waals surface area contributed by atoms with E-state index in [0.29, 0.717) is 6.04 Å². The number of nitrogens with two attached hydrogens (primary N) is 1. The molecule has 3 heterocycles. The van der Waals surface area contributed by atoms with Crippen LogP contribution in [0.2, 0.25) is 0 Å². The topological polar surface area (TPSA) is 46.6 Å². The molecule has 3 aromatic rings. The van der Waals surface area contributed by atoms with Crippen molar-refractivity contribution in [2.24, 2.45) is 5.73 Å². The molecule has 0 aliphatic rings. The average Bonchev–Trinajstić information content (AvgIpc) is 3.14. The van der Waals surface area contributed by atoms with Gasteiger partial charge in [0, 0.05) is 36.0 Å². The van der Waals surface area contributed by atoms with Gasteiger partial charge in [-0.1, -0.05) is 6.07 Å². The first-order valence-corrected chi connectivity index (χ1v) is 8.80. The zero-order valence-corrected chi connectivity index (χ0v) is 14.1. The Kier molecular flexibility index (Phi) is 4.01. The Morgan fingerprint density at radius 3 is 2.81 bits per heavy atom. The molecular weight excluding hydrogens is 300 g/mol. The van der Waals surface area contributed by atoms with Crippen LogP contribution in [0.1, 0.15) is 30.5 Å². The standard InChI is InChI=1S/C15H20N4S2/c1-10(16)9-12-14(17-15-19(12)6-8-21-15)18(3)11(2)13-5-4-7-20-13/h4-8,10-11H,9,16H2,1-3H3. The molecule has 4 nitrogen and oxygen atoms in total. The van der Waals surface area contributed by atoms with E-state index in [2.05, 4.69) is 52.4 Å². The summed E-state index contributed by atoms with van der Waals surface area (Å²) in [6.45, 7) is 4.26. The molecule has 2 unspecified atom stereocenters. The molecule has 0 fully saturated rings. The van der Waals surface area contributed by atoms with E-state index in [1.54, 1.807) is 22.7 Å². The Morgan fingerprint density at radius 1 is 1.33 bits per heavy atom. The number of thiazole rings is 1. The van der Waals surface area contributed by atoms with Crippen molar-refractivity contribution in [1.29, 1.82) is 0 Å². The van der Waals surface area contributed by atoms with Crippen LogP contribution in [0.5, 0.6) is 0 Å². The highest BCUT2D eigenvalue weighted by Crippen LogP contribution is 2.32. The van der Waals surface area contributed by atoms with Crippen LogP contribution >= 0.6 is 22.7 Å². The summed E-state index contributed by atoms with van der Waals surface area (Å²) in [5.41, 5.74) is 7.23. The molecule has 0 aliphatic carbocycles. The van der Waals surface area contributed by atoms with Crippen LogP contribution in [-0.2, 0) is 6.42 Å². The molecule has 0 aromatic carbocycles. The lowest BCUT2D eigenvalue weighted by atomic mass is 10.1. The van der Waals surface area contributed by atoms with Gasteiger partial charge in [0.2, 0.25) is 0 Å². The number of thiophene rings is 1. The second-order valence-corrected chi connectivity index (χ2v) is 7.27. The van der Waals surface area contributed by atoms with E-state index < -0.39 is 0 Å². The van der Waals surface area contributed by atoms with E-state index in [9.17, 15) is 0 Å². The SMILES string of the molecule is CC(N)Cc1c(N(C)C(C)c2cccs2)nc2sccn12. The normalized spacial score (nSPS) is 14.5. The molecule has 21 heavy (non-hydrogen) atoms. The van der Waals surface area contributed by atoms with Crippen molar-refractivity contribution in [3.05, 3.63) is 39.7 Å². The van der Waals surface area contributed by atoms with Gasteiger partial charge in [-0.25, -0.2) is 4.98 Å². The minimum Gasteiger partial charge on any atom is -0.351 e. The van der Waals surface area contributed by atoms with Crippen LogP contribution in [-0.4, -0.2) is 22.5 Å². The first-order valence-electron chi connectivity index (χ1n) is 7.04. The Balaban J connectivity index is 2.00. The molecule has 0 spiro atoms. The highest BCUT2D eigenvalue weighted by Gasteiger charge is 2.22. The van der Waals surface area contributed by atoms with Gasteiger partial charge < -0.3 is 10.6 Å². The first-order chi connectivity index (χ1) is 10.1. The van der Waals surface area contributed by atoms with Crippen LogP contribution in [0.25, 0.3) is 4.96 Å². The highest BCUT2D eigenvalue weighted by atomic mass is 32.1. The molecule has 112 valence electrons. The number of nitrogens with zero attached hydrogens (tertiary/aromatic N) is 3. The zero-order chi connectivity index (χ0) is 15.0. The minimum absolute atomic E-state index is 0.119. The summed E-state index contributed by atoms with van der Waals surface area (Å²) in [5, 5.41) is 4.19. The predicted octanol–water partition coefficient (Wildman–Crippen LogP) is 3.54. The summed E-state index contributed by atoms with van der Waals surface area (Å²) in [7, 11) is 2.11. The first kappa shape index (κ1) is 14.6. The minimum atomic E-state index is 0.119. The molecule has 0 amide bonds. The molecule has 0 saturated heterocycles. The van der Waals surface area contributed by atoms with Crippen LogP contribution in [0.4, 0.5) is 5.82 Å². The third-order valence-corrected chi connectivity index (χ3v) is 5.52. The summed E-state index contributed by atoms with van der Waals surface area (Å²) in [6.07, 6.45) is 2.91. The molecule has 0 radical (unpaired) electrons. The average molecular weight is 320 g/mol. The fourth-order valence-electron chi connectivity index (χ4n) is 2.50. The Hall–Kier alpha value is -1.37. The fourth-order valence-corrected chi connectivity index (χ4v) is 4.06. The van der Waals surface area contributed by atoms with Crippen molar-refractivity contribution in [3.8, 4) is 0 Å². The van der Waals surface area contributed by atoms with E-state index in [-0.39, 0.29) is 6.04 Å². The van der Waals surface area contributed by atoms with Gasteiger partial charge >= 0.3 is 0 Å². The van der Waals surface area contributed by atoms with Crippen LogP contribution in [0.15, 0.2) is 29.1 Å². The Labute approximate surface area is 132 Å². The van der Waals surface area contributed by atoms with Gasteiger partial charge in [0.1, 0.15) is 0 Å². The second-order valence-electron chi connectivity index (χ2n) is 5.42. The Bertz CT molecular complexity index is 711. The summed E-state index contributed by atoms with van der Waals surface area (Å²) >= 11 is 3.45. The van der Waals surface area contributed by atoms with E-state index >= 15 is 0 Å². The number of hydrogen-bond acceptors (Lipinski definition) is 5. The lowest BCUT2D eigenvalue weighted by Gasteiger charge is -2.25. The van der Waals surface area contributed by atoms with Crippen molar-refractivity contribution in [2.45, 2.75) is 32.4 Å². The van der Waals surface area contributed by atoms with E-state index in [0.717, 1.165) is 17.2 Å². The van der Waals surface area contributed by atoms with Gasteiger partial charge in [-0.3, -0.25) is 4.40 Å². The lowest BCUT2D eigenvalue weighted by molar-refractivity contribution is 0.697. The molecule has 0 aliphatic heterocycles. The maximum absolute atomic E-state index is 6.03. The summed E-state index contributed by atoms with van der Waals surface area (Å²) in [6, 6.07) is 4.70. The molecule has 0 bridgehead atoms. The quantitative estimate of drug-likeness (QED) is 0.782. The van der Waals surface area contributed by atoms with E-state index in [1.807, 2.05) is 6.92 Å². The largest absolute Gasteiger partial charge is 0.351 e. The van der Waals surface area contributed by atoms with Crippen LogP contribution < -0.4 is 10.6 Å². The fraction of sp³-hybridized carbons (Fsp3) is 0.400. The molecule has 2 N–H and O–H groups in total. The summed E-state index contributed by atoms with van der Waals surface area (Å²) < 4.78 is 2.17. The molecule has 3 aromatic heterocycles. The third-order valence-electron chi connectivity index (χ3n) is 3.73. The highest BCUT2D eigenvalue weighted by molar-refractivity contribution is 7.15. The summed E-state index contributed by atoms with van der Waals surface area (Å²) in [5.74, 6) is 1.04. The predicted molar refractivity (Wildman–Crippen MR) is 91.6 cm³/mol. The maximum Gasteiger partial charge on any atom is 0.195 e. The van der Waals surface area contributed by atoms with Crippen molar-refractivity contribution in [2.75, 3.05) is 11.9 Å².